The van der Waals surface area contributed by atoms with E-state index in [9.17, 15) is 19.7 Å². The van der Waals surface area contributed by atoms with Crippen molar-refractivity contribution in [2.75, 3.05) is 0 Å². The zero-order valence-corrected chi connectivity index (χ0v) is 13.7. The molecule has 0 atom stereocenters. The summed E-state index contributed by atoms with van der Waals surface area (Å²) in [5.41, 5.74) is 0.787. The second kappa shape index (κ2) is 6.29. The molecule has 126 valence electrons. The van der Waals surface area contributed by atoms with E-state index in [1.54, 1.807) is 19.1 Å². The molecule has 0 aliphatic carbocycles. The Hall–Kier alpha value is -3.33. The summed E-state index contributed by atoms with van der Waals surface area (Å²) in [6.45, 7) is 1.75. The minimum Gasteiger partial charge on any atom is -0.456 e. The Morgan fingerprint density at radius 2 is 1.84 bits per heavy atom. The van der Waals surface area contributed by atoms with Crippen molar-refractivity contribution in [3.63, 3.8) is 0 Å². The molecule has 3 rings (SSSR count). The second-order valence-electron chi connectivity index (χ2n) is 5.28. The number of furan rings is 1. The van der Waals surface area contributed by atoms with E-state index in [1.165, 1.54) is 24.3 Å². The Labute approximate surface area is 146 Å². The molecule has 2 amide bonds. The molecule has 2 heterocycles. The first-order valence-corrected chi connectivity index (χ1v) is 7.49. The normalized spacial score (nSPS) is 14.1. The number of benzene rings is 1. The average molecular weight is 357 g/mol. The molecule has 9 heteroatoms. The summed E-state index contributed by atoms with van der Waals surface area (Å²) < 4.78 is 5.55. The first kappa shape index (κ1) is 16.5. The fourth-order valence-corrected chi connectivity index (χ4v) is 2.51. The third kappa shape index (κ3) is 3.31. The topological polar surface area (TPSA) is 114 Å². The van der Waals surface area contributed by atoms with Crippen LogP contribution in [0.4, 0.5) is 5.69 Å². The van der Waals surface area contributed by atoms with Crippen molar-refractivity contribution in [2.24, 2.45) is 0 Å². The van der Waals surface area contributed by atoms with Crippen molar-refractivity contribution in [3.05, 3.63) is 57.3 Å². The van der Waals surface area contributed by atoms with Crippen LogP contribution in [0.1, 0.15) is 11.3 Å². The summed E-state index contributed by atoms with van der Waals surface area (Å²) in [5, 5.41) is 15.8. The molecular formula is C16H11N3O5S. The minimum absolute atomic E-state index is 0.0671. The Kier molecular flexibility index (Phi) is 4.15. The fourth-order valence-electron chi connectivity index (χ4n) is 2.32. The lowest BCUT2D eigenvalue weighted by Crippen LogP contribution is -2.51. The van der Waals surface area contributed by atoms with Crippen LogP contribution < -0.4 is 10.6 Å². The molecule has 1 fully saturated rings. The van der Waals surface area contributed by atoms with E-state index in [0.29, 0.717) is 5.56 Å². The van der Waals surface area contributed by atoms with Gasteiger partial charge in [0.2, 0.25) is 0 Å². The van der Waals surface area contributed by atoms with Gasteiger partial charge in [-0.1, -0.05) is 6.07 Å². The molecule has 8 nitrogen and oxygen atoms in total. The van der Waals surface area contributed by atoms with Crippen LogP contribution >= 0.6 is 12.2 Å². The van der Waals surface area contributed by atoms with Crippen molar-refractivity contribution in [2.45, 2.75) is 6.92 Å². The van der Waals surface area contributed by atoms with E-state index in [-0.39, 0.29) is 27.9 Å². The Balaban J connectivity index is 1.98. The Morgan fingerprint density at radius 3 is 2.48 bits per heavy atom. The molecule has 1 aromatic heterocycles. The van der Waals surface area contributed by atoms with Crippen LogP contribution in [0.5, 0.6) is 0 Å². The number of aryl methyl sites for hydroxylation is 1. The Morgan fingerprint density at radius 1 is 1.16 bits per heavy atom. The lowest BCUT2D eigenvalue weighted by atomic mass is 10.1. The quantitative estimate of drug-likeness (QED) is 0.286. The van der Waals surface area contributed by atoms with Gasteiger partial charge in [0.15, 0.2) is 5.11 Å². The molecule has 0 bridgehead atoms. The van der Waals surface area contributed by atoms with E-state index in [2.05, 4.69) is 10.6 Å². The first-order chi connectivity index (χ1) is 11.8. The van der Waals surface area contributed by atoms with Crippen molar-refractivity contribution >= 4 is 40.9 Å². The zero-order chi connectivity index (χ0) is 18.1. The monoisotopic (exact) mass is 357 g/mol. The van der Waals surface area contributed by atoms with Gasteiger partial charge in [-0.25, -0.2) is 0 Å². The molecule has 0 saturated carbocycles. The third-order valence-corrected chi connectivity index (χ3v) is 3.68. The van der Waals surface area contributed by atoms with Crippen LogP contribution in [0.15, 0.2) is 40.3 Å². The van der Waals surface area contributed by atoms with E-state index in [1.807, 2.05) is 0 Å². The number of nitro groups is 1. The molecule has 1 aliphatic heterocycles. The molecule has 1 saturated heterocycles. The third-order valence-electron chi connectivity index (χ3n) is 3.47. The number of nitro benzene ring substituents is 1. The number of rotatable bonds is 3. The molecular weight excluding hydrogens is 346 g/mol. The van der Waals surface area contributed by atoms with Crippen molar-refractivity contribution in [1.29, 1.82) is 0 Å². The number of amides is 2. The highest BCUT2D eigenvalue weighted by Gasteiger charge is 2.26. The lowest BCUT2D eigenvalue weighted by molar-refractivity contribution is -0.384. The largest absolute Gasteiger partial charge is 0.456 e. The number of hydrogen-bond donors (Lipinski definition) is 2. The maximum atomic E-state index is 11.8. The smallest absolute Gasteiger partial charge is 0.280 e. The summed E-state index contributed by atoms with van der Waals surface area (Å²) in [5.74, 6) is -0.829. The maximum absolute atomic E-state index is 11.8. The summed E-state index contributed by atoms with van der Waals surface area (Å²) in [4.78, 5) is 34.4. The molecule has 1 aromatic carbocycles. The van der Waals surface area contributed by atoms with Crippen LogP contribution in [0.25, 0.3) is 17.4 Å². The van der Waals surface area contributed by atoms with Gasteiger partial charge >= 0.3 is 0 Å². The minimum atomic E-state index is -0.645. The molecule has 2 aromatic rings. The van der Waals surface area contributed by atoms with Gasteiger partial charge in [-0.15, -0.1) is 0 Å². The van der Waals surface area contributed by atoms with Gasteiger partial charge in [-0.2, -0.15) is 0 Å². The summed E-state index contributed by atoms with van der Waals surface area (Å²) in [7, 11) is 0. The standard InChI is InChI=1S/C16H11N3O5S/c1-8-2-4-10(12(6-8)19(22)23)13-5-3-9(24-13)7-11-14(20)17-16(25)18-15(11)21/h2-7H,1H3,(H2,17,18,20,21,25). The summed E-state index contributed by atoms with van der Waals surface area (Å²) in [6.07, 6.45) is 1.25. The van der Waals surface area contributed by atoms with Crippen molar-refractivity contribution in [1.82, 2.24) is 10.6 Å². The summed E-state index contributed by atoms with van der Waals surface area (Å²) in [6, 6.07) is 7.80. The van der Waals surface area contributed by atoms with Gasteiger partial charge < -0.3 is 4.42 Å². The fraction of sp³-hybridized carbons (Fsp3) is 0.0625. The van der Waals surface area contributed by atoms with Gasteiger partial charge in [0.1, 0.15) is 17.1 Å². The molecule has 25 heavy (non-hydrogen) atoms. The highest BCUT2D eigenvalue weighted by molar-refractivity contribution is 7.80. The Bertz CT molecular complexity index is 938. The molecule has 0 radical (unpaired) electrons. The lowest BCUT2D eigenvalue weighted by Gasteiger charge is -2.15. The number of carbonyl (C=O) groups excluding carboxylic acids is 2. The van der Waals surface area contributed by atoms with Gasteiger partial charge in [0, 0.05) is 6.07 Å². The van der Waals surface area contributed by atoms with Gasteiger partial charge in [0.25, 0.3) is 17.5 Å². The van der Waals surface area contributed by atoms with E-state index in [0.717, 1.165) is 5.56 Å². The average Bonchev–Trinajstić information content (AvgIpc) is 2.99. The first-order valence-electron chi connectivity index (χ1n) is 7.09. The zero-order valence-electron chi connectivity index (χ0n) is 12.9. The van der Waals surface area contributed by atoms with Crippen LogP contribution in [0, 0.1) is 17.0 Å². The van der Waals surface area contributed by atoms with Gasteiger partial charge in [-0.3, -0.25) is 30.3 Å². The molecule has 2 N–H and O–H groups in total. The van der Waals surface area contributed by atoms with E-state index in [4.69, 9.17) is 16.6 Å². The number of nitrogens with zero attached hydrogens (tertiary/aromatic N) is 1. The van der Waals surface area contributed by atoms with E-state index < -0.39 is 16.7 Å². The maximum Gasteiger partial charge on any atom is 0.280 e. The number of thiocarbonyl (C=S) groups is 1. The molecule has 0 unspecified atom stereocenters. The van der Waals surface area contributed by atoms with Gasteiger partial charge in [0.05, 0.1) is 10.5 Å². The SMILES string of the molecule is Cc1ccc(-c2ccc(C=C3C(=O)NC(=S)NC3=O)o2)c([N+](=O)[O-])c1. The van der Waals surface area contributed by atoms with Gasteiger partial charge in [-0.05, 0) is 49.0 Å². The van der Waals surface area contributed by atoms with Crippen LogP contribution in [-0.4, -0.2) is 21.9 Å². The van der Waals surface area contributed by atoms with Crippen molar-refractivity contribution < 1.29 is 18.9 Å². The molecule has 0 spiro atoms. The van der Waals surface area contributed by atoms with Crippen LogP contribution in [0.2, 0.25) is 0 Å². The number of hydrogen-bond acceptors (Lipinski definition) is 6. The predicted molar refractivity (Wildman–Crippen MR) is 92.4 cm³/mol. The number of nitrogens with one attached hydrogen (secondary N) is 2. The second-order valence-corrected chi connectivity index (χ2v) is 5.68. The van der Waals surface area contributed by atoms with Crippen LogP contribution in [-0.2, 0) is 9.59 Å². The van der Waals surface area contributed by atoms with Crippen LogP contribution in [0.3, 0.4) is 0 Å². The summed E-state index contributed by atoms with van der Waals surface area (Å²) >= 11 is 4.72. The highest BCUT2D eigenvalue weighted by atomic mass is 32.1. The molecule has 1 aliphatic rings. The number of carbonyl (C=O) groups is 2. The van der Waals surface area contributed by atoms with Crippen molar-refractivity contribution in [3.8, 4) is 11.3 Å². The van der Waals surface area contributed by atoms with E-state index >= 15 is 0 Å². The predicted octanol–water partition coefficient (Wildman–Crippen LogP) is 2.08. The highest BCUT2D eigenvalue weighted by Crippen LogP contribution is 2.32.